The van der Waals surface area contributed by atoms with Crippen LogP contribution in [-0.2, 0) is 21.8 Å². The van der Waals surface area contributed by atoms with E-state index in [9.17, 15) is 17.2 Å². The summed E-state index contributed by atoms with van der Waals surface area (Å²) in [6, 6.07) is 4.76. The fourth-order valence-corrected chi connectivity index (χ4v) is 1.39. The van der Waals surface area contributed by atoms with Gasteiger partial charge in [-0.25, -0.2) is 4.21 Å². The highest BCUT2D eigenvalue weighted by Crippen LogP contribution is 2.20. The fraction of sp³-hybridized carbons (Fsp3) is 0. The van der Waals surface area contributed by atoms with Crippen LogP contribution in [0.1, 0.15) is 0 Å². The molecule has 0 heterocycles. The summed E-state index contributed by atoms with van der Waals surface area (Å²) < 4.78 is 57.5. The molecule has 1 aromatic rings. The summed E-state index contributed by atoms with van der Waals surface area (Å²) in [5.74, 6) is -0.398. The zero-order valence-electron chi connectivity index (χ0n) is 7.02. The molecule has 1 rings (SSSR count). The molecule has 0 spiro atoms. The summed E-state index contributed by atoms with van der Waals surface area (Å²) in [6.45, 7) is 0. The van der Waals surface area contributed by atoms with Gasteiger partial charge in [0.05, 0.1) is 0 Å². The Labute approximate surface area is 88.1 Å². The average molecular weight is 253 g/mol. The topological polar surface area (TPSA) is 113 Å². The summed E-state index contributed by atoms with van der Waals surface area (Å²) in [6.07, 6.45) is 0. The fourth-order valence-electron chi connectivity index (χ4n) is 0.778. The van der Waals surface area contributed by atoms with Crippen LogP contribution < -0.4 is 8.37 Å². The van der Waals surface area contributed by atoms with Crippen molar-refractivity contribution in [1.82, 2.24) is 0 Å². The van der Waals surface area contributed by atoms with Gasteiger partial charge in [0.25, 0.3) is 0 Å². The maximum atomic E-state index is 10.3. The van der Waals surface area contributed by atoms with E-state index in [2.05, 4.69) is 8.37 Å². The summed E-state index contributed by atoms with van der Waals surface area (Å²) in [7, 11) is -4.63. The van der Waals surface area contributed by atoms with Crippen molar-refractivity contribution in [3.8, 4) is 11.5 Å². The molecular formula is C6H5O7S2-. The zero-order chi connectivity index (χ0) is 11.5. The molecule has 0 saturated heterocycles. The van der Waals surface area contributed by atoms with Crippen molar-refractivity contribution in [3.63, 3.8) is 0 Å². The number of rotatable bonds is 4. The molecule has 0 fully saturated rings. The second-order valence-electron chi connectivity index (χ2n) is 2.27. The number of hydrogen-bond acceptors (Lipinski definition) is 6. The van der Waals surface area contributed by atoms with Gasteiger partial charge in [-0.15, -0.1) is 0 Å². The highest BCUT2D eigenvalue weighted by molar-refractivity contribution is 7.81. The lowest BCUT2D eigenvalue weighted by Crippen LogP contribution is -2.06. The van der Waals surface area contributed by atoms with Crippen LogP contribution in [0.3, 0.4) is 0 Å². The van der Waals surface area contributed by atoms with Gasteiger partial charge in [0.2, 0.25) is 0 Å². The molecule has 9 heteroatoms. The highest BCUT2D eigenvalue weighted by Gasteiger charge is 2.07. The van der Waals surface area contributed by atoms with E-state index in [1.54, 1.807) is 0 Å². The molecule has 0 radical (unpaired) electrons. The van der Waals surface area contributed by atoms with Gasteiger partial charge in [-0.3, -0.25) is 4.55 Å². The third kappa shape index (κ3) is 4.74. The zero-order valence-corrected chi connectivity index (χ0v) is 8.66. The second kappa shape index (κ2) is 4.57. The highest BCUT2D eigenvalue weighted by atomic mass is 32.3. The van der Waals surface area contributed by atoms with E-state index in [-0.39, 0.29) is 11.5 Å². The number of benzene rings is 1. The van der Waals surface area contributed by atoms with E-state index in [0.717, 1.165) is 6.07 Å². The van der Waals surface area contributed by atoms with Crippen molar-refractivity contribution in [2.45, 2.75) is 0 Å². The van der Waals surface area contributed by atoms with E-state index in [1.165, 1.54) is 18.2 Å². The van der Waals surface area contributed by atoms with Crippen LogP contribution in [0.2, 0.25) is 0 Å². The van der Waals surface area contributed by atoms with Crippen LogP contribution in [-0.4, -0.2) is 21.7 Å². The minimum absolute atomic E-state index is 0.135. The molecule has 0 aromatic heterocycles. The predicted octanol–water partition coefficient (Wildman–Crippen LogP) is 0.0411. The molecular weight excluding hydrogens is 248 g/mol. The first kappa shape index (κ1) is 11.9. The van der Waals surface area contributed by atoms with Crippen LogP contribution in [0.25, 0.3) is 0 Å². The normalized spacial score (nSPS) is 13.2. The Hall–Kier alpha value is -1.16. The van der Waals surface area contributed by atoms with Gasteiger partial charge >= 0.3 is 10.4 Å². The SMILES string of the molecule is O=S([O-])Oc1cccc(OS(=O)(=O)O)c1. The van der Waals surface area contributed by atoms with Crippen molar-refractivity contribution in [3.05, 3.63) is 24.3 Å². The van der Waals surface area contributed by atoms with E-state index < -0.39 is 21.8 Å². The van der Waals surface area contributed by atoms with Crippen molar-refractivity contribution in [1.29, 1.82) is 0 Å². The van der Waals surface area contributed by atoms with Gasteiger partial charge in [-0.2, -0.15) is 8.42 Å². The van der Waals surface area contributed by atoms with Gasteiger partial charge in [-0.1, -0.05) is 6.07 Å². The van der Waals surface area contributed by atoms with E-state index in [0.29, 0.717) is 0 Å². The van der Waals surface area contributed by atoms with Crippen LogP contribution >= 0.6 is 0 Å². The molecule has 1 aromatic carbocycles. The summed E-state index contributed by atoms with van der Waals surface area (Å²) >= 11 is -2.77. The maximum absolute atomic E-state index is 10.3. The molecule has 1 unspecified atom stereocenters. The van der Waals surface area contributed by atoms with E-state index >= 15 is 0 Å². The third-order valence-electron chi connectivity index (χ3n) is 1.17. The van der Waals surface area contributed by atoms with Gasteiger partial charge in [0.15, 0.2) is 0 Å². The molecule has 7 nitrogen and oxygen atoms in total. The first-order valence-corrected chi connectivity index (χ1v) is 5.78. The van der Waals surface area contributed by atoms with Crippen molar-refractivity contribution in [2.75, 3.05) is 0 Å². The van der Waals surface area contributed by atoms with Crippen LogP contribution in [0, 0.1) is 0 Å². The lowest BCUT2D eigenvalue weighted by molar-refractivity contribution is 0.386. The molecule has 0 aliphatic carbocycles. The number of hydrogen-bond donors (Lipinski definition) is 1. The third-order valence-corrected chi connectivity index (χ3v) is 1.90. The molecule has 0 amide bonds. The van der Waals surface area contributed by atoms with Crippen molar-refractivity contribution >= 4 is 21.8 Å². The molecule has 1 atom stereocenters. The van der Waals surface area contributed by atoms with E-state index in [4.69, 9.17) is 4.55 Å². The summed E-state index contributed by atoms with van der Waals surface area (Å²) in [4.78, 5) is 0. The lowest BCUT2D eigenvalue weighted by atomic mass is 10.3. The van der Waals surface area contributed by atoms with Crippen molar-refractivity contribution < 1.29 is 30.1 Å². The second-order valence-corrected chi connectivity index (χ2v) is 3.87. The minimum Gasteiger partial charge on any atom is -0.740 e. The smallest absolute Gasteiger partial charge is 0.446 e. The Morgan fingerprint density at radius 2 is 1.93 bits per heavy atom. The Morgan fingerprint density at radius 1 is 1.33 bits per heavy atom. The Bertz CT molecular complexity index is 466. The maximum Gasteiger partial charge on any atom is 0.446 e. The quantitative estimate of drug-likeness (QED) is 0.595. The molecule has 84 valence electrons. The molecule has 0 saturated carbocycles. The van der Waals surface area contributed by atoms with Gasteiger partial charge in [0.1, 0.15) is 22.9 Å². The standard InChI is InChI=1S/C6H6O7S2/c7-14(8)12-5-2-1-3-6(4-5)13-15(9,10)11/h1-4H,(H,7,8)(H,9,10,11)/p-1. The van der Waals surface area contributed by atoms with E-state index in [1.807, 2.05) is 0 Å². The van der Waals surface area contributed by atoms with Crippen molar-refractivity contribution in [2.24, 2.45) is 0 Å². The first-order valence-electron chi connectivity index (χ1n) is 3.41. The Kier molecular flexibility index (Phi) is 3.63. The largest absolute Gasteiger partial charge is 0.740 e. The minimum atomic E-state index is -4.63. The van der Waals surface area contributed by atoms with Gasteiger partial charge < -0.3 is 12.9 Å². The van der Waals surface area contributed by atoms with Gasteiger partial charge in [0, 0.05) is 6.07 Å². The van der Waals surface area contributed by atoms with Crippen LogP contribution in [0.15, 0.2) is 24.3 Å². The average Bonchev–Trinajstić information content (AvgIpc) is 1.99. The Balaban J connectivity index is 2.88. The molecule has 0 aliphatic heterocycles. The monoisotopic (exact) mass is 253 g/mol. The van der Waals surface area contributed by atoms with Crippen LogP contribution in [0.5, 0.6) is 11.5 Å². The Morgan fingerprint density at radius 3 is 2.47 bits per heavy atom. The molecule has 0 aliphatic rings. The molecule has 1 N–H and O–H groups in total. The molecule has 15 heavy (non-hydrogen) atoms. The molecule has 0 bridgehead atoms. The predicted molar refractivity (Wildman–Crippen MR) is 48.2 cm³/mol. The summed E-state index contributed by atoms with van der Waals surface area (Å²) in [5.41, 5.74) is 0. The van der Waals surface area contributed by atoms with Crippen LogP contribution in [0.4, 0.5) is 0 Å². The van der Waals surface area contributed by atoms with Gasteiger partial charge in [-0.05, 0) is 12.1 Å². The summed E-state index contributed by atoms with van der Waals surface area (Å²) in [5, 5.41) is 0. The first-order chi connectivity index (χ1) is 6.87. The lowest BCUT2D eigenvalue weighted by Gasteiger charge is -2.07.